The first-order valence-corrected chi connectivity index (χ1v) is 13.5. The molecule has 0 bridgehead atoms. The van der Waals surface area contributed by atoms with Crippen LogP contribution in [-0.2, 0) is 32.6 Å². The van der Waals surface area contributed by atoms with Crippen LogP contribution >= 0.6 is 0 Å². The van der Waals surface area contributed by atoms with E-state index in [1.165, 1.54) is 6.07 Å². The van der Waals surface area contributed by atoms with Gasteiger partial charge in [0.2, 0.25) is 5.89 Å². The largest absolute Gasteiger partial charge is 0.441 e. The van der Waals surface area contributed by atoms with Gasteiger partial charge in [-0.05, 0) is 63.8 Å². The molecule has 1 aliphatic rings. The van der Waals surface area contributed by atoms with Gasteiger partial charge in [-0.15, -0.1) is 0 Å². The van der Waals surface area contributed by atoms with E-state index in [2.05, 4.69) is 4.98 Å². The number of hydrogen-bond donors (Lipinski definition) is 1. The van der Waals surface area contributed by atoms with Crippen LogP contribution in [0.3, 0.4) is 0 Å². The van der Waals surface area contributed by atoms with Crippen LogP contribution in [0.1, 0.15) is 53.8 Å². The number of nitrogens with zero attached hydrogens (tertiary/aromatic N) is 1. The maximum absolute atomic E-state index is 11.7. The summed E-state index contributed by atoms with van der Waals surface area (Å²) in [5, 5.41) is 0. The highest BCUT2D eigenvalue weighted by Crippen LogP contribution is 2.28. The summed E-state index contributed by atoms with van der Waals surface area (Å²) in [4.78, 5) is 4.60. The van der Waals surface area contributed by atoms with E-state index in [4.69, 9.17) is 13.9 Å². The molecule has 2 unspecified atom stereocenters. The molecule has 1 N–H and O–H groups in total. The lowest BCUT2D eigenvalue weighted by atomic mass is 9.94. The van der Waals surface area contributed by atoms with Crippen molar-refractivity contribution in [2.75, 3.05) is 6.61 Å². The number of oxazole rings is 1. The van der Waals surface area contributed by atoms with E-state index < -0.39 is 10.1 Å². The number of ether oxygens (including phenoxy) is 2. The molecule has 4 rings (SSSR count). The van der Waals surface area contributed by atoms with Gasteiger partial charge in [0.25, 0.3) is 10.1 Å². The first kappa shape index (κ1) is 25.6. The summed E-state index contributed by atoms with van der Waals surface area (Å²) < 4.78 is 51.3. The van der Waals surface area contributed by atoms with Crippen LogP contribution < -0.4 is 0 Å². The normalized spacial score (nSPS) is 18.6. The Labute approximate surface area is 207 Å². The lowest BCUT2D eigenvalue weighted by Gasteiger charge is -2.31. The van der Waals surface area contributed by atoms with Gasteiger partial charge in [0, 0.05) is 5.56 Å². The predicted octanol–water partition coefficient (Wildman–Crippen LogP) is 5.60. The molecular formula is C27H33NO6S. The fourth-order valence-corrected chi connectivity index (χ4v) is 5.30. The van der Waals surface area contributed by atoms with Gasteiger partial charge >= 0.3 is 0 Å². The third-order valence-corrected chi connectivity index (χ3v) is 7.39. The molecule has 0 spiro atoms. The number of aromatic nitrogens is 1. The number of rotatable bonds is 9. The SMILES string of the molecule is Cc1cccc(-c2nc(COC3CCCCC3OCCc3cc(C)ccc3S(=O)(=O)O)c(C)o2)c1. The summed E-state index contributed by atoms with van der Waals surface area (Å²) in [7, 11) is -4.28. The molecule has 8 heteroatoms. The average molecular weight is 500 g/mol. The third kappa shape index (κ3) is 6.58. The van der Waals surface area contributed by atoms with Crippen molar-refractivity contribution in [1.82, 2.24) is 4.98 Å². The van der Waals surface area contributed by atoms with Gasteiger partial charge in [-0.25, -0.2) is 4.98 Å². The van der Waals surface area contributed by atoms with Gasteiger partial charge in [-0.1, -0.05) is 48.2 Å². The fraction of sp³-hybridized carbons (Fsp3) is 0.444. The zero-order valence-electron chi connectivity index (χ0n) is 20.5. The molecule has 0 radical (unpaired) electrons. The topological polar surface area (TPSA) is 98.9 Å². The van der Waals surface area contributed by atoms with E-state index >= 15 is 0 Å². The molecule has 2 aromatic carbocycles. The molecule has 0 aliphatic heterocycles. The quantitative estimate of drug-likeness (QED) is 0.383. The second kappa shape index (κ2) is 11.0. The Bertz CT molecular complexity index is 1270. The standard InChI is InChI=1S/C27H33NO6S/c1-18-7-6-8-22(16-18)27-28-23(20(3)34-27)17-33-25-10-5-4-9-24(25)32-14-13-21-15-19(2)11-12-26(21)35(29,30)31/h6-8,11-12,15-16,24-25H,4-5,9-10,13-14,17H2,1-3H3,(H,29,30,31). The molecule has 35 heavy (non-hydrogen) atoms. The summed E-state index contributed by atoms with van der Waals surface area (Å²) in [6.07, 6.45) is 4.16. The second-order valence-corrected chi connectivity index (χ2v) is 10.7. The zero-order chi connectivity index (χ0) is 25.0. The Hall–Kier alpha value is -2.52. The van der Waals surface area contributed by atoms with Crippen LogP contribution in [0, 0.1) is 20.8 Å². The summed E-state index contributed by atoms with van der Waals surface area (Å²) in [6, 6.07) is 12.9. The molecule has 0 saturated heterocycles. The van der Waals surface area contributed by atoms with E-state index in [-0.39, 0.29) is 17.1 Å². The molecule has 3 aromatic rings. The van der Waals surface area contributed by atoms with E-state index in [0.29, 0.717) is 31.1 Å². The van der Waals surface area contributed by atoms with Gasteiger partial charge in [0.15, 0.2) is 0 Å². The van der Waals surface area contributed by atoms with Gasteiger partial charge < -0.3 is 13.9 Å². The Kier molecular flexibility index (Phi) is 8.06. The van der Waals surface area contributed by atoms with Crippen LogP contribution in [0.2, 0.25) is 0 Å². The minimum absolute atomic E-state index is 0.0611. The number of aryl methyl sites for hydroxylation is 3. The highest BCUT2D eigenvalue weighted by molar-refractivity contribution is 7.85. The van der Waals surface area contributed by atoms with Crippen LogP contribution in [-0.4, -0.2) is 36.8 Å². The van der Waals surface area contributed by atoms with Crippen LogP contribution in [0.25, 0.3) is 11.5 Å². The highest BCUT2D eigenvalue weighted by Gasteiger charge is 2.27. The Morgan fingerprint density at radius 1 is 1.00 bits per heavy atom. The Morgan fingerprint density at radius 2 is 1.71 bits per heavy atom. The van der Waals surface area contributed by atoms with Crippen molar-refractivity contribution in [2.45, 2.75) is 76.6 Å². The Balaban J connectivity index is 1.37. The lowest BCUT2D eigenvalue weighted by Crippen LogP contribution is -2.35. The van der Waals surface area contributed by atoms with E-state index in [1.807, 2.05) is 45.0 Å². The van der Waals surface area contributed by atoms with Crippen molar-refractivity contribution in [3.63, 3.8) is 0 Å². The van der Waals surface area contributed by atoms with Crippen LogP contribution in [0.15, 0.2) is 51.8 Å². The molecule has 0 amide bonds. The smallest absolute Gasteiger partial charge is 0.294 e. The lowest BCUT2D eigenvalue weighted by molar-refractivity contribution is -0.0981. The molecular weight excluding hydrogens is 466 g/mol. The van der Waals surface area contributed by atoms with Gasteiger partial charge in [0.05, 0.1) is 30.3 Å². The van der Waals surface area contributed by atoms with Gasteiger partial charge in [-0.3, -0.25) is 4.55 Å². The van der Waals surface area contributed by atoms with E-state index in [9.17, 15) is 13.0 Å². The monoisotopic (exact) mass is 499 g/mol. The van der Waals surface area contributed by atoms with Crippen molar-refractivity contribution in [1.29, 1.82) is 0 Å². The van der Waals surface area contributed by atoms with Crippen molar-refractivity contribution in [3.05, 3.63) is 70.6 Å². The maximum atomic E-state index is 11.7. The molecule has 1 fully saturated rings. The molecule has 1 aliphatic carbocycles. The van der Waals surface area contributed by atoms with Gasteiger partial charge in [-0.2, -0.15) is 8.42 Å². The molecule has 7 nitrogen and oxygen atoms in total. The minimum Gasteiger partial charge on any atom is -0.441 e. The first-order valence-electron chi connectivity index (χ1n) is 12.0. The van der Waals surface area contributed by atoms with E-state index in [0.717, 1.165) is 53.8 Å². The van der Waals surface area contributed by atoms with E-state index in [1.54, 1.807) is 12.1 Å². The molecule has 2 atom stereocenters. The highest BCUT2D eigenvalue weighted by atomic mass is 32.2. The number of benzene rings is 2. The maximum Gasteiger partial charge on any atom is 0.294 e. The average Bonchev–Trinajstić information content (AvgIpc) is 3.18. The molecule has 1 heterocycles. The Morgan fingerprint density at radius 3 is 2.43 bits per heavy atom. The third-order valence-electron chi connectivity index (χ3n) is 6.43. The first-order chi connectivity index (χ1) is 16.7. The van der Waals surface area contributed by atoms with Crippen molar-refractivity contribution >= 4 is 10.1 Å². The fourth-order valence-electron chi connectivity index (χ4n) is 4.57. The number of hydrogen-bond acceptors (Lipinski definition) is 6. The zero-order valence-corrected chi connectivity index (χ0v) is 21.3. The van der Waals surface area contributed by atoms with Crippen LogP contribution in [0.4, 0.5) is 0 Å². The predicted molar refractivity (Wildman–Crippen MR) is 133 cm³/mol. The summed E-state index contributed by atoms with van der Waals surface area (Å²) in [5.41, 5.74) is 4.36. The van der Waals surface area contributed by atoms with Crippen molar-refractivity contribution in [2.24, 2.45) is 0 Å². The van der Waals surface area contributed by atoms with Crippen molar-refractivity contribution in [3.8, 4) is 11.5 Å². The molecule has 188 valence electrons. The minimum atomic E-state index is -4.28. The molecule has 1 saturated carbocycles. The summed E-state index contributed by atoms with van der Waals surface area (Å²) >= 11 is 0. The molecule has 1 aromatic heterocycles. The summed E-state index contributed by atoms with van der Waals surface area (Å²) in [6.45, 7) is 6.51. The van der Waals surface area contributed by atoms with Crippen LogP contribution in [0.5, 0.6) is 0 Å². The van der Waals surface area contributed by atoms with Gasteiger partial charge in [0.1, 0.15) is 11.5 Å². The van der Waals surface area contributed by atoms with Crippen molar-refractivity contribution < 1.29 is 26.9 Å². The summed E-state index contributed by atoms with van der Waals surface area (Å²) in [5.74, 6) is 1.33. The second-order valence-electron chi connectivity index (χ2n) is 9.27.